The van der Waals surface area contributed by atoms with E-state index in [0.717, 1.165) is 50.3 Å². The Balaban J connectivity index is 1.55. The van der Waals surface area contributed by atoms with Crippen LogP contribution in [0.2, 0.25) is 0 Å². The molecule has 1 aliphatic rings. The first-order valence-electron chi connectivity index (χ1n) is 9.42. The lowest BCUT2D eigenvalue weighted by molar-refractivity contribution is 0.175. The van der Waals surface area contributed by atoms with Gasteiger partial charge in [0.25, 0.3) is 0 Å². The molecule has 1 aromatic heterocycles. The van der Waals surface area contributed by atoms with Crippen LogP contribution in [0.4, 0.5) is 0 Å². The molecule has 0 N–H and O–H groups in total. The number of aryl methyl sites for hydroxylation is 1. The number of likely N-dealkylation sites (tertiary alicyclic amines) is 1. The molecule has 1 fully saturated rings. The van der Waals surface area contributed by atoms with Crippen LogP contribution in [0, 0.1) is 5.92 Å². The standard InChI is InChI=1S/C19H28N4O3S/c1-4-23-18(20-21(2)19(23)24)13-15-9-11-22(12-10-15)14-16-5-7-17(8-6-16)27(3,25)26/h5-8,15H,4,9-14H2,1-3H3. The maximum atomic E-state index is 12.0. The van der Waals surface area contributed by atoms with E-state index in [9.17, 15) is 13.2 Å². The minimum Gasteiger partial charge on any atom is -0.299 e. The van der Waals surface area contributed by atoms with E-state index in [1.54, 1.807) is 23.7 Å². The predicted molar refractivity (Wildman–Crippen MR) is 104 cm³/mol. The van der Waals surface area contributed by atoms with Crippen molar-refractivity contribution in [1.29, 1.82) is 0 Å². The molecule has 148 valence electrons. The SMILES string of the molecule is CCn1c(CC2CCN(Cc3ccc(S(C)(=O)=O)cc3)CC2)nn(C)c1=O. The summed E-state index contributed by atoms with van der Waals surface area (Å²) in [6.45, 7) is 5.47. The smallest absolute Gasteiger partial charge is 0.299 e. The van der Waals surface area contributed by atoms with Gasteiger partial charge in [0.05, 0.1) is 4.90 Å². The predicted octanol–water partition coefficient (Wildman–Crippen LogP) is 1.46. The number of hydrogen-bond donors (Lipinski definition) is 0. The monoisotopic (exact) mass is 392 g/mol. The van der Waals surface area contributed by atoms with Crippen LogP contribution < -0.4 is 5.69 Å². The summed E-state index contributed by atoms with van der Waals surface area (Å²) in [5.41, 5.74) is 1.09. The van der Waals surface area contributed by atoms with Gasteiger partial charge in [0.1, 0.15) is 5.82 Å². The number of aromatic nitrogens is 3. The highest BCUT2D eigenvalue weighted by Crippen LogP contribution is 2.22. The van der Waals surface area contributed by atoms with Crippen molar-refractivity contribution in [3.05, 3.63) is 46.1 Å². The van der Waals surface area contributed by atoms with E-state index in [0.29, 0.717) is 17.4 Å². The van der Waals surface area contributed by atoms with E-state index in [-0.39, 0.29) is 5.69 Å². The fourth-order valence-corrected chi connectivity index (χ4v) is 4.36. The van der Waals surface area contributed by atoms with Crippen molar-refractivity contribution in [2.75, 3.05) is 19.3 Å². The summed E-state index contributed by atoms with van der Waals surface area (Å²) in [6, 6.07) is 7.16. The van der Waals surface area contributed by atoms with Crippen LogP contribution in [-0.2, 0) is 36.4 Å². The third-order valence-electron chi connectivity index (χ3n) is 5.34. The van der Waals surface area contributed by atoms with Crippen molar-refractivity contribution in [2.24, 2.45) is 13.0 Å². The Morgan fingerprint density at radius 1 is 1.15 bits per heavy atom. The number of rotatable bonds is 6. The minimum absolute atomic E-state index is 0.0394. The van der Waals surface area contributed by atoms with Crippen LogP contribution in [0.1, 0.15) is 31.2 Å². The normalized spacial score (nSPS) is 16.7. The Hall–Kier alpha value is -1.93. The second-order valence-corrected chi connectivity index (χ2v) is 9.42. The van der Waals surface area contributed by atoms with E-state index < -0.39 is 9.84 Å². The Kier molecular flexibility index (Phi) is 5.86. The molecule has 2 heterocycles. The largest absolute Gasteiger partial charge is 0.345 e. The molecule has 0 aliphatic carbocycles. The molecule has 0 amide bonds. The molecule has 0 unspecified atom stereocenters. The summed E-state index contributed by atoms with van der Waals surface area (Å²) < 4.78 is 26.3. The molecule has 0 atom stereocenters. The first kappa shape index (κ1) is 19.8. The summed E-state index contributed by atoms with van der Waals surface area (Å²) >= 11 is 0. The summed E-state index contributed by atoms with van der Waals surface area (Å²) in [7, 11) is -1.44. The van der Waals surface area contributed by atoms with Gasteiger partial charge in [-0.1, -0.05) is 12.1 Å². The number of sulfone groups is 1. The van der Waals surface area contributed by atoms with Gasteiger partial charge in [-0.15, -0.1) is 0 Å². The highest BCUT2D eigenvalue weighted by molar-refractivity contribution is 7.90. The van der Waals surface area contributed by atoms with Gasteiger partial charge in [-0.3, -0.25) is 9.47 Å². The lowest BCUT2D eigenvalue weighted by atomic mass is 9.93. The van der Waals surface area contributed by atoms with Gasteiger partial charge in [-0.05, 0) is 56.5 Å². The van der Waals surface area contributed by atoms with E-state index in [1.807, 2.05) is 19.1 Å². The van der Waals surface area contributed by atoms with Crippen molar-refractivity contribution in [1.82, 2.24) is 19.2 Å². The molecular weight excluding hydrogens is 364 g/mol. The van der Waals surface area contributed by atoms with Gasteiger partial charge in [0.15, 0.2) is 9.84 Å². The van der Waals surface area contributed by atoms with Crippen molar-refractivity contribution in [3.63, 3.8) is 0 Å². The van der Waals surface area contributed by atoms with Crippen molar-refractivity contribution in [2.45, 2.75) is 44.2 Å². The third-order valence-corrected chi connectivity index (χ3v) is 6.47. The van der Waals surface area contributed by atoms with Crippen molar-refractivity contribution < 1.29 is 8.42 Å². The first-order valence-corrected chi connectivity index (χ1v) is 11.3. The molecule has 0 spiro atoms. The first-order chi connectivity index (χ1) is 12.8. The highest BCUT2D eigenvalue weighted by Gasteiger charge is 2.22. The van der Waals surface area contributed by atoms with Crippen molar-refractivity contribution >= 4 is 9.84 Å². The fourth-order valence-electron chi connectivity index (χ4n) is 3.73. The molecule has 0 bridgehead atoms. The summed E-state index contributed by atoms with van der Waals surface area (Å²) in [5, 5.41) is 4.39. The Morgan fingerprint density at radius 2 is 1.78 bits per heavy atom. The average molecular weight is 393 g/mol. The maximum Gasteiger partial charge on any atom is 0.345 e. The molecule has 2 aromatic rings. The van der Waals surface area contributed by atoms with Gasteiger partial charge < -0.3 is 0 Å². The molecule has 1 saturated heterocycles. The summed E-state index contributed by atoms with van der Waals surface area (Å²) in [5.74, 6) is 1.43. The van der Waals surface area contributed by atoms with Crippen LogP contribution >= 0.6 is 0 Å². The molecule has 7 nitrogen and oxygen atoms in total. The van der Waals surface area contributed by atoms with Crippen LogP contribution in [0.3, 0.4) is 0 Å². The van der Waals surface area contributed by atoms with Crippen LogP contribution in [0.25, 0.3) is 0 Å². The molecule has 27 heavy (non-hydrogen) atoms. The molecule has 1 aromatic carbocycles. The van der Waals surface area contributed by atoms with Gasteiger partial charge in [0, 0.05) is 32.8 Å². The lowest BCUT2D eigenvalue weighted by Crippen LogP contribution is -2.34. The lowest BCUT2D eigenvalue weighted by Gasteiger charge is -2.31. The quantitative estimate of drug-likeness (QED) is 0.744. The molecular formula is C19H28N4O3S. The van der Waals surface area contributed by atoms with Gasteiger partial charge in [-0.25, -0.2) is 17.9 Å². The third kappa shape index (κ3) is 4.68. The molecule has 3 rings (SSSR count). The molecule has 1 aliphatic heterocycles. The number of piperidine rings is 1. The Bertz CT molecular complexity index is 936. The number of benzene rings is 1. The van der Waals surface area contributed by atoms with E-state index in [1.165, 1.54) is 10.9 Å². The number of hydrogen-bond acceptors (Lipinski definition) is 5. The van der Waals surface area contributed by atoms with Gasteiger partial charge >= 0.3 is 5.69 Å². The second kappa shape index (κ2) is 7.98. The van der Waals surface area contributed by atoms with Crippen LogP contribution in [0.5, 0.6) is 0 Å². The van der Waals surface area contributed by atoms with Crippen molar-refractivity contribution in [3.8, 4) is 0 Å². The number of nitrogens with zero attached hydrogens (tertiary/aromatic N) is 4. The van der Waals surface area contributed by atoms with Gasteiger partial charge in [0.2, 0.25) is 0 Å². The fraction of sp³-hybridized carbons (Fsp3) is 0.579. The Morgan fingerprint density at radius 3 is 2.33 bits per heavy atom. The maximum absolute atomic E-state index is 12.0. The topological polar surface area (TPSA) is 77.2 Å². The highest BCUT2D eigenvalue weighted by atomic mass is 32.2. The summed E-state index contributed by atoms with van der Waals surface area (Å²) in [6.07, 6.45) is 4.24. The second-order valence-electron chi connectivity index (χ2n) is 7.41. The summed E-state index contributed by atoms with van der Waals surface area (Å²) in [4.78, 5) is 14.8. The zero-order valence-electron chi connectivity index (χ0n) is 16.3. The van der Waals surface area contributed by atoms with E-state index >= 15 is 0 Å². The van der Waals surface area contributed by atoms with Gasteiger partial charge in [-0.2, -0.15) is 5.10 Å². The van der Waals surface area contributed by atoms with E-state index in [2.05, 4.69) is 10.00 Å². The van der Waals surface area contributed by atoms with Crippen LogP contribution in [-0.4, -0.2) is 47.0 Å². The molecule has 0 saturated carbocycles. The van der Waals surface area contributed by atoms with E-state index in [4.69, 9.17) is 0 Å². The molecule has 0 radical (unpaired) electrons. The van der Waals surface area contributed by atoms with Crippen LogP contribution in [0.15, 0.2) is 34.0 Å². The minimum atomic E-state index is -3.14. The Labute approximate surface area is 160 Å². The average Bonchev–Trinajstić information content (AvgIpc) is 2.89. The zero-order valence-corrected chi connectivity index (χ0v) is 17.1. The molecule has 8 heteroatoms. The zero-order chi connectivity index (χ0) is 19.6.